The maximum Gasteiger partial charge on any atom is 0.132 e. The van der Waals surface area contributed by atoms with Crippen LogP contribution in [0.2, 0.25) is 0 Å². The van der Waals surface area contributed by atoms with E-state index in [-0.39, 0.29) is 5.82 Å². The van der Waals surface area contributed by atoms with E-state index in [1.165, 1.54) is 25.3 Å². The van der Waals surface area contributed by atoms with Crippen molar-refractivity contribution in [2.45, 2.75) is 31.8 Å². The third-order valence-corrected chi connectivity index (χ3v) is 3.73. The monoisotopic (exact) mass is 232 g/mol. The predicted octanol–water partition coefficient (Wildman–Crippen LogP) is 2.96. The Labute approximate surface area is 100 Å². The lowest BCUT2D eigenvalue weighted by molar-refractivity contribution is 0.338. The van der Waals surface area contributed by atoms with Gasteiger partial charge in [-0.05, 0) is 30.5 Å². The minimum Gasteiger partial charge on any atom is -0.350 e. The van der Waals surface area contributed by atoms with Crippen LogP contribution in [0, 0.1) is 5.82 Å². The average molecular weight is 232 g/mol. The Bertz CT molecular complexity index is 540. The van der Waals surface area contributed by atoms with Crippen LogP contribution in [0.3, 0.4) is 0 Å². The first-order valence-corrected chi connectivity index (χ1v) is 6.21. The molecule has 1 heterocycles. The number of hydrogen-bond acceptors (Lipinski definition) is 1. The molecule has 0 atom stereocenters. The van der Waals surface area contributed by atoms with Crippen LogP contribution in [0.15, 0.2) is 24.4 Å². The van der Waals surface area contributed by atoms with Gasteiger partial charge in [-0.1, -0.05) is 12.5 Å². The summed E-state index contributed by atoms with van der Waals surface area (Å²) >= 11 is 0. The molecule has 0 aliphatic heterocycles. The molecule has 2 aromatic rings. The van der Waals surface area contributed by atoms with Gasteiger partial charge >= 0.3 is 0 Å². The van der Waals surface area contributed by atoms with Crippen molar-refractivity contribution in [2.24, 2.45) is 7.05 Å². The fourth-order valence-corrected chi connectivity index (χ4v) is 2.49. The van der Waals surface area contributed by atoms with Gasteiger partial charge in [-0.3, -0.25) is 0 Å². The van der Waals surface area contributed by atoms with Crippen molar-refractivity contribution in [1.82, 2.24) is 9.88 Å². The second-order valence-corrected chi connectivity index (χ2v) is 4.91. The van der Waals surface area contributed by atoms with Gasteiger partial charge in [0, 0.05) is 31.2 Å². The Morgan fingerprint density at radius 3 is 2.94 bits per heavy atom. The number of aromatic nitrogens is 1. The number of nitrogens with zero attached hydrogens (tertiary/aromatic N) is 1. The van der Waals surface area contributed by atoms with Gasteiger partial charge in [0.2, 0.25) is 0 Å². The van der Waals surface area contributed by atoms with E-state index in [0.29, 0.717) is 6.04 Å². The van der Waals surface area contributed by atoms with Gasteiger partial charge in [0.05, 0.1) is 5.52 Å². The van der Waals surface area contributed by atoms with Crippen molar-refractivity contribution in [3.8, 4) is 0 Å². The van der Waals surface area contributed by atoms with E-state index in [4.69, 9.17) is 0 Å². The summed E-state index contributed by atoms with van der Waals surface area (Å²) in [6.07, 6.45) is 5.86. The highest BCUT2D eigenvalue weighted by molar-refractivity contribution is 5.84. The molecular weight excluding hydrogens is 215 g/mol. The number of benzene rings is 1. The highest BCUT2D eigenvalue weighted by Gasteiger charge is 2.17. The van der Waals surface area contributed by atoms with Gasteiger partial charge in [0.1, 0.15) is 5.82 Å². The van der Waals surface area contributed by atoms with Crippen molar-refractivity contribution >= 4 is 10.9 Å². The first-order valence-electron chi connectivity index (χ1n) is 6.21. The van der Waals surface area contributed by atoms with Crippen LogP contribution in [-0.4, -0.2) is 10.6 Å². The third-order valence-electron chi connectivity index (χ3n) is 3.73. The molecule has 2 nitrogen and oxygen atoms in total. The molecule has 1 saturated carbocycles. The molecule has 0 saturated heterocycles. The highest BCUT2D eigenvalue weighted by Crippen LogP contribution is 2.25. The number of halogens is 1. The van der Waals surface area contributed by atoms with E-state index in [0.717, 1.165) is 23.0 Å². The largest absolute Gasteiger partial charge is 0.350 e. The summed E-state index contributed by atoms with van der Waals surface area (Å²) in [6.45, 7) is 0.767. The van der Waals surface area contributed by atoms with E-state index in [2.05, 4.69) is 5.32 Å². The van der Waals surface area contributed by atoms with Crippen molar-refractivity contribution in [3.63, 3.8) is 0 Å². The quantitative estimate of drug-likeness (QED) is 0.861. The van der Waals surface area contributed by atoms with E-state index in [9.17, 15) is 4.39 Å². The summed E-state index contributed by atoms with van der Waals surface area (Å²) in [5, 5.41) is 4.25. The molecule has 1 aliphatic carbocycles. The molecule has 0 unspecified atom stereocenters. The fourth-order valence-electron chi connectivity index (χ4n) is 2.49. The zero-order valence-electron chi connectivity index (χ0n) is 10.0. The normalized spacial score (nSPS) is 16.4. The molecule has 17 heavy (non-hydrogen) atoms. The van der Waals surface area contributed by atoms with E-state index >= 15 is 0 Å². The summed E-state index contributed by atoms with van der Waals surface area (Å²) in [5.74, 6) is -0.117. The lowest BCUT2D eigenvalue weighted by Gasteiger charge is -2.26. The molecule has 1 N–H and O–H groups in total. The van der Waals surface area contributed by atoms with Crippen LogP contribution in [0.25, 0.3) is 10.9 Å². The predicted molar refractivity (Wildman–Crippen MR) is 67.4 cm³/mol. The fraction of sp³-hybridized carbons (Fsp3) is 0.429. The first-order chi connectivity index (χ1) is 8.25. The molecule has 1 fully saturated rings. The molecule has 0 bridgehead atoms. The zero-order chi connectivity index (χ0) is 11.8. The summed E-state index contributed by atoms with van der Waals surface area (Å²) < 4.78 is 15.8. The van der Waals surface area contributed by atoms with Crippen molar-refractivity contribution in [1.29, 1.82) is 0 Å². The van der Waals surface area contributed by atoms with E-state index in [1.54, 1.807) is 6.07 Å². The summed E-state index contributed by atoms with van der Waals surface area (Å²) in [6, 6.07) is 5.90. The van der Waals surface area contributed by atoms with Gasteiger partial charge in [0.25, 0.3) is 0 Å². The lowest BCUT2D eigenvalue weighted by atomic mass is 9.93. The van der Waals surface area contributed by atoms with Crippen LogP contribution in [0.4, 0.5) is 4.39 Å². The molecule has 3 rings (SSSR count). The van der Waals surface area contributed by atoms with Gasteiger partial charge in [-0.15, -0.1) is 0 Å². The smallest absolute Gasteiger partial charge is 0.132 e. The molecule has 0 radical (unpaired) electrons. The van der Waals surface area contributed by atoms with Gasteiger partial charge < -0.3 is 9.88 Å². The maximum atomic E-state index is 13.8. The van der Waals surface area contributed by atoms with Crippen molar-refractivity contribution < 1.29 is 4.39 Å². The van der Waals surface area contributed by atoms with Crippen LogP contribution in [0.1, 0.15) is 24.8 Å². The number of fused-ring (bicyclic) bond motifs is 1. The Kier molecular flexibility index (Phi) is 2.63. The molecular formula is C14H17FN2. The minimum atomic E-state index is -0.117. The van der Waals surface area contributed by atoms with Crippen LogP contribution < -0.4 is 5.32 Å². The molecule has 1 aromatic carbocycles. The van der Waals surface area contributed by atoms with Gasteiger partial charge in [0.15, 0.2) is 0 Å². The lowest BCUT2D eigenvalue weighted by Crippen LogP contribution is -2.34. The molecule has 3 heteroatoms. The minimum absolute atomic E-state index is 0.117. The second kappa shape index (κ2) is 4.15. The summed E-state index contributed by atoms with van der Waals surface area (Å²) in [5.41, 5.74) is 2.03. The third kappa shape index (κ3) is 1.84. The molecule has 1 aliphatic rings. The molecule has 0 spiro atoms. The van der Waals surface area contributed by atoms with Crippen LogP contribution in [-0.2, 0) is 13.6 Å². The first kappa shape index (κ1) is 10.8. The van der Waals surface area contributed by atoms with Crippen LogP contribution in [0.5, 0.6) is 0 Å². The van der Waals surface area contributed by atoms with Gasteiger partial charge in [-0.25, -0.2) is 4.39 Å². The SMILES string of the molecule is Cn1cc(CNC2CCC2)c2c(F)cccc21. The highest BCUT2D eigenvalue weighted by atomic mass is 19.1. The van der Waals surface area contributed by atoms with Crippen molar-refractivity contribution in [3.05, 3.63) is 35.8 Å². The Morgan fingerprint density at radius 1 is 1.41 bits per heavy atom. The number of nitrogens with one attached hydrogen (secondary N) is 1. The van der Waals surface area contributed by atoms with E-state index < -0.39 is 0 Å². The molecule has 0 amide bonds. The Hall–Kier alpha value is -1.35. The maximum absolute atomic E-state index is 13.8. The standard InChI is InChI=1S/C14H17FN2/c1-17-9-10(8-16-11-4-2-5-11)14-12(15)6-3-7-13(14)17/h3,6-7,9,11,16H,2,4-5,8H2,1H3. The number of hydrogen-bond donors (Lipinski definition) is 1. The number of rotatable bonds is 3. The van der Waals surface area contributed by atoms with Crippen molar-refractivity contribution in [2.75, 3.05) is 0 Å². The molecule has 90 valence electrons. The summed E-state index contributed by atoms with van der Waals surface area (Å²) in [4.78, 5) is 0. The van der Waals surface area contributed by atoms with Crippen LogP contribution >= 0.6 is 0 Å². The number of aryl methyl sites for hydroxylation is 1. The Balaban J connectivity index is 1.92. The van der Waals surface area contributed by atoms with Gasteiger partial charge in [-0.2, -0.15) is 0 Å². The average Bonchev–Trinajstić information content (AvgIpc) is 2.55. The zero-order valence-corrected chi connectivity index (χ0v) is 10.0. The Morgan fingerprint density at radius 2 is 2.24 bits per heavy atom. The van der Waals surface area contributed by atoms with E-state index in [1.807, 2.05) is 23.9 Å². The second-order valence-electron chi connectivity index (χ2n) is 4.91. The topological polar surface area (TPSA) is 17.0 Å². The summed E-state index contributed by atoms with van der Waals surface area (Å²) in [7, 11) is 1.97. The molecule has 1 aromatic heterocycles.